The van der Waals surface area contributed by atoms with Gasteiger partial charge in [0.25, 0.3) is 0 Å². The Bertz CT molecular complexity index is 638. The highest BCUT2D eigenvalue weighted by Gasteiger charge is 2.26. The Kier molecular flexibility index (Phi) is 4.65. The summed E-state index contributed by atoms with van der Waals surface area (Å²) in [6.07, 6.45) is 2.34. The predicted molar refractivity (Wildman–Crippen MR) is 79.0 cm³/mol. The van der Waals surface area contributed by atoms with E-state index in [0.29, 0.717) is 19.1 Å². The monoisotopic (exact) mass is 312 g/mol. The average molecular weight is 312 g/mol. The molecule has 1 fully saturated rings. The number of sulfonamides is 1. The molecule has 0 saturated heterocycles. The second kappa shape index (κ2) is 6.13. The van der Waals surface area contributed by atoms with Crippen LogP contribution in [0, 0.1) is 6.92 Å². The van der Waals surface area contributed by atoms with Crippen LogP contribution in [0.15, 0.2) is 23.1 Å². The van der Waals surface area contributed by atoms with Gasteiger partial charge in [-0.25, -0.2) is 17.9 Å². The topological polar surface area (TPSA) is 86.7 Å². The van der Waals surface area contributed by atoms with E-state index in [2.05, 4.69) is 9.62 Å². The minimum absolute atomic E-state index is 0.00738. The number of nitrogens with one attached hydrogen (secondary N) is 1. The van der Waals surface area contributed by atoms with Crippen molar-refractivity contribution < 1.29 is 18.3 Å². The van der Waals surface area contributed by atoms with Crippen LogP contribution in [0.3, 0.4) is 0 Å². The van der Waals surface area contributed by atoms with Gasteiger partial charge >= 0.3 is 5.97 Å². The first-order valence-electron chi connectivity index (χ1n) is 6.86. The Labute approximate surface area is 124 Å². The number of carboxylic acids is 1. The standard InChI is InChI=1S/C14H20N2O4S/c1-10-12(14(17)18)4-3-5-13(10)21(19,20)15-8-9-16(2)11-6-7-11/h3-5,11,15H,6-9H2,1-2H3,(H,17,18). The van der Waals surface area contributed by atoms with Crippen molar-refractivity contribution in [3.05, 3.63) is 29.3 Å². The summed E-state index contributed by atoms with van der Waals surface area (Å²) >= 11 is 0. The molecule has 1 aliphatic rings. The first-order valence-corrected chi connectivity index (χ1v) is 8.34. The van der Waals surface area contributed by atoms with E-state index in [1.165, 1.54) is 38.0 Å². The molecule has 21 heavy (non-hydrogen) atoms. The molecular formula is C14H20N2O4S. The number of benzene rings is 1. The molecule has 1 aromatic rings. The van der Waals surface area contributed by atoms with Gasteiger partial charge in [-0.2, -0.15) is 0 Å². The summed E-state index contributed by atoms with van der Waals surface area (Å²) in [6.45, 7) is 2.46. The molecule has 0 heterocycles. The van der Waals surface area contributed by atoms with Crippen molar-refractivity contribution in [3.63, 3.8) is 0 Å². The Balaban J connectivity index is 2.08. The molecule has 1 aliphatic carbocycles. The zero-order valence-electron chi connectivity index (χ0n) is 12.2. The van der Waals surface area contributed by atoms with Crippen molar-refractivity contribution in [3.8, 4) is 0 Å². The van der Waals surface area contributed by atoms with E-state index in [1.54, 1.807) is 0 Å². The number of hydrogen-bond acceptors (Lipinski definition) is 4. The molecule has 0 bridgehead atoms. The van der Waals surface area contributed by atoms with Crippen LogP contribution in [-0.2, 0) is 10.0 Å². The molecule has 2 rings (SSSR count). The van der Waals surface area contributed by atoms with Gasteiger partial charge in [-0.05, 0) is 44.5 Å². The first kappa shape index (κ1) is 15.9. The quantitative estimate of drug-likeness (QED) is 0.786. The third-order valence-electron chi connectivity index (χ3n) is 3.73. The summed E-state index contributed by atoms with van der Waals surface area (Å²) in [5, 5.41) is 9.05. The molecule has 0 unspecified atom stereocenters. The maximum absolute atomic E-state index is 12.3. The van der Waals surface area contributed by atoms with E-state index < -0.39 is 16.0 Å². The lowest BCUT2D eigenvalue weighted by Gasteiger charge is -2.16. The van der Waals surface area contributed by atoms with Crippen LogP contribution in [0.1, 0.15) is 28.8 Å². The van der Waals surface area contributed by atoms with Crippen molar-refractivity contribution in [1.29, 1.82) is 0 Å². The van der Waals surface area contributed by atoms with Crippen molar-refractivity contribution >= 4 is 16.0 Å². The van der Waals surface area contributed by atoms with Gasteiger partial charge in [0.15, 0.2) is 0 Å². The minimum Gasteiger partial charge on any atom is -0.478 e. The van der Waals surface area contributed by atoms with E-state index in [9.17, 15) is 13.2 Å². The SMILES string of the molecule is Cc1c(C(=O)O)cccc1S(=O)(=O)NCCN(C)C1CC1. The Hall–Kier alpha value is -1.44. The number of carboxylic acid groups (broad SMARTS) is 1. The van der Waals surface area contributed by atoms with Crippen LogP contribution >= 0.6 is 0 Å². The number of nitrogens with zero attached hydrogens (tertiary/aromatic N) is 1. The van der Waals surface area contributed by atoms with Crippen LogP contribution in [0.25, 0.3) is 0 Å². The highest BCUT2D eigenvalue weighted by molar-refractivity contribution is 7.89. The molecule has 0 spiro atoms. The maximum Gasteiger partial charge on any atom is 0.335 e. The fraction of sp³-hybridized carbons (Fsp3) is 0.500. The second-order valence-corrected chi connectivity index (χ2v) is 7.08. The van der Waals surface area contributed by atoms with E-state index in [0.717, 1.165) is 0 Å². The van der Waals surface area contributed by atoms with Gasteiger partial charge in [-0.1, -0.05) is 6.07 Å². The molecule has 7 heteroatoms. The number of hydrogen-bond donors (Lipinski definition) is 2. The Morgan fingerprint density at radius 2 is 2.10 bits per heavy atom. The highest BCUT2D eigenvalue weighted by Crippen LogP contribution is 2.24. The fourth-order valence-electron chi connectivity index (χ4n) is 2.27. The Morgan fingerprint density at radius 3 is 2.67 bits per heavy atom. The molecule has 0 aliphatic heterocycles. The largest absolute Gasteiger partial charge is 0.478 e. The van der Waals surface area contributed by atoms with Gasteiger partial charge < -0.3 is 10.0 Å². The minimum atomic E-state index is -3.69. The molecule has 0 aromatic heterocycles. The summed E-state index contributed by atoms with van der Waals surface area (Å²) in [5.41, 5.74) is 0.265. The third kappa shape index (κ3) is 3.81. The van der Waals surface area contributed by atoms with Crippen LogP contribution in [0.4, 0.5) is 0 Å². The summed E-state index contributed by atoms with van der Waals surface area (Å²) in [4.78, 5) is 13.2. The second-order valence-electron chi connectivity index (χ2n) is 5.34. The van der Waals surface area contributed by atoms with Gasteiger partial charge in [0.05, 0.1) is 10.5 Å². The van der Waals surface area contributed by atoms with Gasteiger partial charge in [0.2, 0.25) is 10.0 Å². The number of carbonyl (C=O) groups is 1. The van der Waals surface area contributed by atoms with E-state index in [4.69, 9.17) is 5.11 Å². The van der Waals surface area contributed by atoms with Crippen LogP contribution < -0.4 is 4.72 Å². The van der Waals surface area contributed by atoms with Crippen molar-refractivity contribution in [2.75, 3.05) is 20.1 Å². The van der Waals surface area contributed by atoms with E-state index in [-0.39, 0.29) is 16.0 Å². The van der Waals surface area contributed by atoms with Gasteiger partial charge in [-0.15, -0.1) is 0 Å². The summed E-state index contributed by atoms with van der Waals surface area (Å²) < 4.78 is 27.1. The van der Waals surface area contributed by atoms with Crippen molar-refractivity contribution in [2.45, 2.75) is 30.7 Å². The molecule has 6 nitrogen and oxygen atoms in total. The normalized spacial score (nSPS) is 15.4. The first-order chi connectivity index (χ1) is 9.83. The molecular weight excluding hydrogens is 292 g/mol. The summed E-state index contributed by atoms with van der Waals surface area (Å²) in [7, 11) is -1.71. The lowest BCUT2D eigenvalue weighted by Crippen LogP contribution is -2.34. The van der Waals surface area contributed by atoms with Crippen molar-refractivity contribution in [1.82, 2.24) is 9.62 Å². The number of likely N-dealkylation sites (N-methyl/N-ethyl adjacent to an activating group) is 1. The number of rotatable bonds is 7. The third-order valence-corrected chi connectivity index (χ3v) is 5.34. The van der Waals surface area contributed by atoms with Crippen molar-refractivity contribution in [2.24, 2.45) is 0 Å². The lowest BCUT2D eigenvalue weighted by molar-refractivity contribution is 0.0696. The zero-order chi connectivity index (χ0) is 15.6. The predicted octanol–water partition coefficient (Wildman–Crippen LogP) is 1.07. The number of aromatic carboxylic acids is 1. The molecule has 1 saturated carbocycles. The maximum atomic E-state index is 12.3. The van der Waals surface area contributed by atoms with Gasteiger partial charge in [0, 0.05) is 19.1 Å². The molecule has 1 aromatic carbocycles. The fourth-order valence-corrected chi connectivity index (χ4v) is 3.56. The van der Waals surface area contributed by atoms with Crippen LogP contribution in [0.5, 0.6) is 0 Å². The van der Waals surface area contributed by atoms with E-state index in [1.807, 2.05) is 7.05 Å². The summed E-state index contributed by atoms with van der Waals surface area (Å²) in [6, 6.07) is 4.85. The summed E-state index contributed by atoms with van der Waals surface area (Å²) in [5.74, 6) is -1.13. The molecule has 0 amide bonds. The van der Waals surface area contributed by atoms with E-state index >= 15 is 0 Å². The van der Waals surface area contributed by atoms with Crippen LogP contribution in [0.2, 0.25) is 0 Å². The highest BCUT2D eigenvalue weighted by atomic mass is 32.2. The molecule has 0 atom stereocenters. The van der Waals surface area contributed by atoms with Gasteiger partial charge in [0.1, 0.15) is 0 Å². The smallest absolute Gasteiger partial charge is 0.335 e. The lowest BCUT2D eigenvalue weighted by atomic mass is 10.1. The molecule has 116 valence electrons. The molecule has 2 N–H and O–H groups in total. The average Bonchev–Trinajstić information content (AvgIpc) is 3.22. The Morgan fingerprint density at radius 1 is 1.43 bits per heavy atom. The zero-order valence-corrected chi connectivity index (χ0v) is 13.0. The molecule has 0 radical (unpaired) electrons. The van der Waals surface area contributed by atoms with Crippen LogP contribution in [-0.4, -0.2) is 50.6 Å². The van der Waals surface area contributed by atoms with Gasteiger partial charge in [-0.3, -0.25) is 0 Å².